The van der Waals surface area contributed by atoms with Crippen molar-refractivity contribution >= 4 is 11.0 Å². The lowest BCUT2D eigenvalue weighted by Gasteiger charge is -2.39. The number of aromatic hydroxyl groups is 3. The molecule has 0 spiro atoms. The fourth-order valence-corrected chi connectivity index (χ4v) is 3.66. The Hall–Kier alpha value is -3.55. The molecule has 12 heteroatoms. The summed E-state index contributed by atoms with van der Waals surface area (Å²) in [5.41, 5.74) is -0.706. The summed E-state index contributed by atoms with van der Waals surface area (Å²) in [6.45, 7) is -0.661. The van der Waals surface area contributed by atoms with Crippen LogP contribution in [0.2, 0.25) is 0 Å². The van der Waals surface area contributed by atoms with Crippen LogP contribution in [0, 0.1) is 0 Å². The number of phenolic OH excluding ortho intramolecular Hbond substituents is 3. The minimum Gasteiger partial charge on any atom is -0.507 e. The number of aliphatic hydroxyl groups excluding tert-OH is 4. The van der Waals surface area contributed by atoms with Crippen LogP contribution in [0.25, 0.3) is 22.3 Å². The van der Waals surface area contributed by atoms with Crippen molar-refractivity contribution in [3.8, 4) is 40.1 Å². The molecule has 4 rings (SSSR count). The number of hydrogen-bond donors (Lipinski definition) is 7. The van der Waals surface area contributed by atoms with Gasteiger partial charge in [-0.15, -0.1) is 0 Å². The summed E-state index contributed by atoms with van der Waals surface area (Å²) < 4.78 is 21.7. The average molecular weight is 478 g/mol. The van der Waals surface area contributed by atoms with Crippen molar-refractivity contribution in [2.75, 3.05) is 13.7 Å². The highest BCUT2D eigenvalue weighted by Gasteiger charge is 2.44. The molecule has 2 heterocycles. The molecule has 3 aromatic rings. The van der Waals surface area contributed by atoms with Crippen LogP contribution in [-0.2, 0) is 4.74 Å². The second-order valence-corrected chi connectivity index (χ2v) is 7.63. The van der Waals surface area contributed by atoms with E-state index in [4.69, 9.17) is 18.6 Å². The van der Waals surface area contributed by atoms with Gasteiger partial charge in [0, 0.05) is 17.7 Å². The molecule has 182 valence electrons. The van der Waals surface area contributed by atoms with Crippen molar-refractivity contribution in [3.05, 3.63) is 40.6 Å². The molecule has 1 fully saturated rings. The number of methoxy groups -OCH3 is 1. The number of rotatable bonds is 5. The molecule has 1 aliphatic heterocycles. The Bertz CT molecular complexity index is 1270. The van der Waals surface area contributed by atoms with Crippen LogP contribution in [0.1, 0.15) is 0 Å². The Morgan fingerprint density at radius 3 is 2.32 bits per heavy atom. The molecule has 1 aliphatic rings. The summed E-state index contributed by atoms with van der Waals surface area (Å²) in [4.78, 5) is 13.0. The van der Waals surface area contributed by atoms with Gasteiger partial charge in [-0.1, -0.05) is 0 Å². The highest BCUT2D eigenvalue weighted by atomic mass is 16.7. The van der Waals surface area contributed by atoms with Crippen molar-refractivity contribution in [3.63, 3.8) is 0 Å². The Labute approximate surface area is 191 Å². The Balaban J connectivity index is 1.79. The number of aliphatic hydroxyl groups is 4. The van der Waals surface area contributed by atoms with Gasteiger partial charge in [0.15, 0.2) is 17.3 Å². The molecular formula is C22H22O12. The SMILES string of the molecule is COc1c(-c2ccc(O)c(O)c2)oc2cc(OC3O[C@H](CO)[C@@H](O)[C@H](O)[C@H]3O)cc(O)c2c1=O. The van der Waals surface area contributed by atoms with E-state index in [1.54, 1.807) is 0 Å². The monoisotopic (exact) mass is 478 g/mol. The number of phenols is 3. The van der Waals surface area contributed by atoms with Crippen LogP contribution in [0.5, 0.6) is 28.7 Å². The maximum atomic E-state index is 13.0. The molecule has 2 aromatic carbocycles. The second kappa shape index (κ2) is 9.00. The molecular weight excluding hydrogens is 456 g/mol. The standard InChI is InChI=1S/C22H22O12/c1-31-21-17(28)15-12(26)5-9(32-22-19(30)18(29)16(27)14(7-23)34-22)6-13(15)33-20(21)8-2-3-10(24)11(25)4-8/h2-6,14,16,18-19,22-27,29-30H,7H2,1H3/t14-,16-,18+,19-,22?/m1/s1. The number of hydrogen-bond acceptors (Lipinski definition) is 12. The van der Waals surface area contributed by atoms with Crippen molar-refractivity contribution in [1.29, 1.82) is 0 Å². The predicted molar refractivity (Wildman–Crippen MR) is 114 cm³/mol. The summed E-state index contributed by atoms with van der Waals surface area (Å²) >= 11 is 0. The normalized spacial score (nSPS) is 24.8. The lowest BCUT2D eigenvalue weighted by atomic mass is 9.99. The van der Waals surface area contributed by atoms with E-state index < -0.39 is 60.0 Å². The number of benzene rings is 2. The molecule has 7 N–H and O–H groups in total. The largest absolute Gasteiger partial charge is 0.507 e. The van der Waals surface area contributed by atoms with E-state index in [0.717, 1.165) is 12.1 Å². The third kappa shape index (κ3) is 3.97. The molecule has 1 saturated heterocycles. The van der Waals surface area contributed by atoms with Crippen LogP contribution in [0.15, 0.2) is 39.5 Å². The Morgan fingerprint density at radius 2 is 1.68 bits per heavy atom. The summed E-state index contributed by atoms with van der Waals surface area (Å²) in [5, 5.41) is 69.0. The lowest BCUT2D eigenvalue weighted by molar-refractivity contribution is -0.277. The van der Waals surface area contributed by atoms with E-state index in [1.165, 1.54) is 25.3 Å². The zero-order chi connectivity index (χ0) is 24.7. The average Bonchev–Trinajstić information content (AvgIpc) is 2.80. The third-order valence-corrected chi connectivity index (χ3v) is 5.45. The van der Waals surface area contributed by atoms with Crippen LogP contribution >= 0.6 is 0 Å². The van der Waals surface area contributed by atoms with Crippen molar-refractivity contribution in [1.82, 2.24) is 0 Å². The van der Waals surface area contributed by atoms with Gasteiger partial charge in [-0.3, -0.25) is 4.79 Å². The topological polar surface area (TPSA) is 200 Å². The highest BCUT2D eigenvalue weighted by molar-refractivity contribution is 5.88. The molecule has 0 saturated carbocycles. The predicted octanol–water partition coefficient (Wildman–Crippen LogP) is -0.236. The van der Waals surface area contributed by atoms with Crippen LogP contribution in [-0.4, -0.2) is 80.2 Å². The maximum absolute atomic E-state index is 13.0. The first-order valence-corrected chi connectivity index (χ1v) is 10.0. The minimum absolute atomic E-state index is 0.111. The van der Waals surface area contributed by atoms with Gasteiger partial charge in [-0.05, 0) is 18.2 Å². The summed E-state index contributed by atoms with van der Waals surface area (Å²) in [5.74, 6) is -1.93. The maximum Gasteiger partial charge on any atom is 0.239 e. The van der Waals surface area contributed by atoms with Crippen LogP contribution in [0.4, 0.5) is 0 Å². The fraction of sp³-hybridized carbons (Fsp3) is 0.318. The van der Waals surface area contributed by atoms with Gasteiger partial charge >= 0.3 is 0 Å². The van der Waals surface area contributed by atoms with E-state index >= 15 is 0 Å². The zero-order valence-electron chi connectivity index (χ0n) is 17.7. The number of fused-ring (bicyclic) bond motifs is 1. The van der Waals surface area contributed by atoms with Gasteiger partial charge in [0.05, 0.1) is 13.7 Å². The first-order chi connectivity index (χ1) is 16.2. The molecule has 5 atom stereocenters. The molecule has 1 aromatic heterocycles. The Kier molecular flexibility index (Phi) is 6.25. The van der Waals surface area contributed by atoms with Gasteiger partial charge in [0.1, 0.15) is 46.9 Å². The van der Waals surface area contributed by atoms with Crippen LogP contribution < -0.4 is 14.9 Å². The summed E-state index contributed by atoms with van der Waals surface area (Å²) in [6, 6.07) is 5.96. The zero-order valence-corrected chi connectivity index (χ0v) is 17.7. The summed E-state index contributed by atoms with van der Waals surface area (Å²) in [7, 11) is 1.22. The van der Waals surface area contributed by atoms with Gasteiger partial charge < -0.3 is 54.4 Å². The minimum atomic E-state index is -1.70. The van der Waals surface area contributed by atoms with Gasteiger partial charge in [0.25, 0.3) is 0 Å². The van der Waals surface area contributed by atoms with Crippen molar-refractivity contribution in [2.45, 2.75) is 30.7 Å². The Morgan fingerprint density at radius 1 is 0.941 bits per heavy atom. The van der Waals surface area contributed by atoms with Crippen LogP contribution in [0.3, 0.4) is 0 Å². The van der Waals surface area contributed by atoms with Gasteiger partial charge in [-0.25, -0.2) is 0 Å². The number of ether oxygens (including phenoxy) is 3. The molecule has 34 heavy (non-hydrogen) atoms. The summed E-state index contributed by atoms with van der Waals surface area (Å²) in [6.07, 6.45) is -7.71. The smallest absolute Gasteiger partial charge is 0.239 e. The van der Waals surface area contributed by atoms with Crippen molar-refractivity contribution in [2.24, 2.45) is 0 Å². The molecule has 0 aliphatic carbocycles. The molecule has 0 radical (unpaired) electrons. The van der Waals surface area contributed by atoms with E-state index in [9.17, 15) is 40.5 Å². The third-order valence-electron chi connectivity index (χ3n) is 5.45. The van der Waals surface area contributed by atoms with Gasteiger partial charge in [-0.2, -0.15) is 0 Å². The van der Waals surface area contributed by atoms with Crippen molar-refractivity contribution < 1.29 is 54.4 Å². The molecule has 0 bridgehead atoms. The molecule has 1 unspecified atom stereocenters. The first kappa shape index (κ1) is 23.6. The van der Waals surface area contributed by atoms with E-state index in [0.29, 0.717) is 0 Å². The molecule has 0 amide bonds. The van der Waals surface area contributed by atoms with E-state index in [-0.39, 0.29) is 33.8 Å². The van der Waals surface area contributed by atoms with E-state index in [2.05, 4.69) is 0 Å². The second-order valence-electron chi connectivity index (χ2n) is 7.63. The lowest BCUT2D eigenvalue weighted by Crippen LogP contribution is -2.60. The quantitative estimate of drug-likeness (QED) is 0.238. The highest BCUT2D eigenvalue weighted by Crippen LogP contribution is 2.38. The van der Waals surface area contributed by atoms with Gasteiger partial charge in [0.2, 0.25) is 17.5 Å². The van der Waals surface area contributed by atoms with E-state index in [1.807, 2.05) is 0 Å². The fourth-order valence-electron chi connectivity index (χ4n) is 3.66. The molecule has 12 nitrogen and oxygen atoms in total. The first-order valence-electron chi connectivity index (χ1n) is 10.0.